The highest BCUT2D eigenvalue weighted by Crippen LogP contribution is 2.20. The van der Waals surface area contributed by atoms with Crippen LogP contribution in [0.3, 0.4) is 0 Å². The van der Waals surface area contributed by atoms with Crippen molar-refractivity contribution in [2.45, 2.75) is 33.7 Å². The minimum Gasteiger partial charge on any atom is -0.376 e. The SMILES string of the molecule is Cc1ccc(NCc2nc(CC(C)C)no2)cc1Br. The van der Waals surface area contributed by atoms with Gasteiger partial charge in [-0.15, -0.1) is 0 Å². The molecule has 0 bridgehead atoms. The summed E-state index contributed by atoms with van der Waals surface area (Å²) in [6.07, 6.45) is 0.847. The van der Waals surface area contributed by atoms with Crippen LogP contribution in [-0.4, -0.2) is 10.1 Å². The molecule has 0 spiro atoms. The van der Waals surface area contributed by atoms with Crippen molar-refractivity contribution in [3.05, 3.63) is 40.0 Å². The summed E-state index contributed by atoms with van der Waals surface area (Å²) >= 11 is 3.51. The van der Waals surface area contributed by atoms with Crippen molar-refractivity contribution in [3.8, 4) is 0 Å². The molecule has 0 unspecified atom stereocenters. The van der Waals surface area contributed by atoms with Gasteiger partial charge in [0.2, 0.25) is 5.89 Å². The highest BCUT2D eigenvalue weighted by molar-refractivity contribution is 9.10. The average molecular weight is 324 g/mol. The maximum Gasteiger partial charge on any atom is 0.245 e. The molecule has 0 aliphatic carbocycles. The molecule has 102 valence electrons. The van der Waals surface area contributed by atoms with Gasteiger partial charge in [-0.25, -0.2) is 0 Å². The standard InChI is InChI=1S/C14H18BrN3O/c1-9(2)6-13-17-14(19-18-13)8-16-11-5-4-10(3)12(15)7-11/h4-5,7,9,16H,6,8H2,1-3H3. The zero-order chi connectivity index (χ0) is 13.8. The van der Waals surface area contributed by atoms with Gasteiger partial charge in [0.25, 0.3) is 0 Å². The van der Waals surface area contributed by atoms with Gasteiger partial charge in [-0.05, 0) is 30.5 Å². The second kappa shape index (κ2) is 6.19. The Morgan fingerprint density at radius 1 is 1.37 bits per heavy atom. The topological polar surface area (TPSA) is 51.0 Å². The van der Waals surface area contributed by atoms with Crippen molar-refractivity contribution in [1.82, 2.24) is 10.1 Å². The van der Waals surface area contributed by atoms with Crippen molar-refractivity contribution in [2.75, 3.05) is 5.32 Å². The van der Waals surface area contributed by atoms with Gasteiger partial charge >= 0.3 is 0 Å². The molecule has 0 atom stereocenters. The summed E-state index contributed by atoms with van der Waals surface area (Å²) in [5.41, 5.74) is 2.24. The Morgan fingerprint density at radius 2 is 2.16 bits per heavy atom. The molecule has 2 aromatic rings. The van der Waals surface area contributed by atoms with E-state index in [1.807, 2.05) is 12.1 Å². The van der Waals surface area contributed by atoms with Gasteiger partial charge < -0.3 is 9.84 Å². The van der Waals surface area contributed by atoms with Crippen molar-refractivity contribution in [3.63, 3.8) is 0 Å². The molecular weight excluding hydrogens is 306 g/mol. The molecule has 0 saturated carbocycles. The second-order valence-electron chi connectivity index (χ2n) is 5.02. The first-order valence-electron chi connectivity index (χ1n) is 6.36. The van der Waals surface area contributed by atoms with Crippen LogP contribution in [0.1, 0.15) is 31.1 Å². The van der Waals surface area contributed by atoms with Gasteiger partial charge in [0, 0.05) is 16.6 Å². The third-order valence-electron chi connectivity index (χ3n) is 2.72. The van der Waals surface area contributed by atoms with Crippen LogP contribution in [0, 0.1) is 12.8 Å². The lowest BCUT2D eigenvalue weighted by molar-refractivity contribution is 0.375. The van der Waals surface area contributed by atoms with E-state index in [0.717, 1.165) is 22.4 Å². The van der Waals surface area contributed by atoms with Gasteiger partial charge in [-0.3, -0.25) is 0 Å². The smallest absolute Gasteiger partial charge is 0.245 e. The van der Waals surface area contributed by atoms with Crippen LogP contribution in [0.2, 0.25) is 0 Å². The molecule has 5 heteroatoms. The molecular formula is C14H18BrN3O. The van der Waals surface area contributed by atoms with Gasteiger partial charge in [0.05, 0.1) is 6.54 Å². The van der Waals surface area contributed by atoms with Gasteiger partial charge in [-0.2, -0.15) is 4.98 Å². The van der Waals surface area contributed by atoms with Gasteiger partial charge in [0.1, 0.15) is 0 Å². The predicted molar refractivity (Wildman–Crippen MR) is 79.0 cm³/mol. The van der Waals surface area contributed by atoms with Crippen molar-refractivity contribution >= 4 is 21.6 Å². The Kier molecular flexibility index (Phi) is 4.58. The Morgan fingerprint density at radius 3 is 2.84 bits per heavy atom. The molecule has 4 nitrogen and oxygen atoms in total. The molecule has 0 fully saturated rings. The molecule has 0 aliphatic rings. The van der Waals surface area contributed by atoms with E-state index in [1.54, 1.807) is 0 Å². The zero-order valence-electron chi connectivity index (χ0n) is 11.4. The number of nitrogens with zero attached hydrogens (tertiary/aromatic N) is 2. The Balaban J connectivity index is 1.94. The second-order valence-corrected chi connectivity index (χ2v) is 5.87. The van der Waals surface area contributed by atoms with Crippen LogP contribution >= 0.6 is 15.9 Å². The fourth-order valence-electron chi connectivity index (χ4n) is 1.69. The maximum absolute atomic E-state index is 5.21. The molecule has 1 aromatic heterocycles. The number of nitrogens with one attached hydrogen (secondary N) is 1. The summed E-state index contributed by atoms with van der Waals surface area (Å²) in [5, 5.41) is 7.23. The molecule has 0 radical (unpaired) electrons. The first kappa shape index (κ1) is 14.1. The molecule has 0 aliphatic heterocycles. The molecule has 1 aromatic carbocycles. The number of hydrogen-bond acceptors (Lipinski definition) is 4. The molecule has 0 saturated heterocycles. The van der Waals surface area contributed by atoms with E-state index in [-0.39, 0.29) is 0 Å². The summed E-state index contributed by atoms with van der Waals surface area (Å²) < 4.78 is 6.29. The highest BCUT2D eigenvalue weighted by Gasteiger charge is 2.08. The minimum atomic E-state index is 0.534. The number of aromatic nitrogens is 2. The number of halogens is 1. The van der Waals surface area contributed by atoms with Gasteiger partial charge in [-0.1, -0.05) is 41.0 Å². The minimum absolute atomic E-state index is 0.534. The number of anilines is 1. The van der Waals surface area contributed by atoms with E-state index in [1.165, 1.54) is 5.56 Å². The normalized spacial score (nSPS) is 11.0. The number of benzene rings is 1. The number of aryl methyl sites for hydroxylation is 1. The summed E-state index contributed by atoms with van der Waals surface area (Å²) in [7, 11) is 0. The fourth-order valence-corrected chi connectivity index (χ4v) is 2.07. The number of rotatable bonds is 5. The molecule has 1 heterocycles. The predicted octanol–water partition coefficient (Wildman–Crippen LogP) is 3.95. The van der Waals surface area contributed by atoms with Gasteiger partial charge in [0.15, 0.2) is 5.82 Å². The third kappa shape index (κ3) is 4.06. The van der Waals surface area contributed by atoms with E-state index in [9.17, 15) is 0 Å². The Hall–Kier alpha value is -1.36. The lowest BCUT2D eigenvalue weighted by atomic mass is 10.1. The largest absolute Gasteiger partial charge is 0.376 e. The van der Waals surface area contributed by atoms with Crippen LogP contribution in [0.5, 0.6) is 0 Å². The monoisotopic (exact) mass is 323 g/mol. The molecule has 0 amide bonds. The van der Waals surface area contributed by atoms with E-state index in [0.29, 0.717) is 18.4 Å². The summed E-state index contributed by atoms with van der Waals surface area (Å²) in [6.45, 7) is 6.88. The molecule has 2 rings (SSSR count). The first-order valence-corrected chi connectivity index (χ1v) is 7.15. The van der Waals surface area contributed by atoms with Crippen LogP contribution in [0.4, 0.5) is 5.69 Å². The van der Waals surface area contributed by atoms with E-state index >= 15 is 0 Å². The quantitative estimate of drug-likeness (QED) is 0.905. The first-order chi connectivity index (χ1) is 9.04. The Bertz CT molecular complexity index is 551. The lowest BCUT2D eigenvalue weighted by Crippen LogP contribution is -2.01. The van der Waals surface area contributed by atoms with Crippen molar-refractivity contribution < 1.29 is 4.52 Å². The van der Waals surface area contributed by atoms with Crippen LogP contribution in [-0.2, 0) is 13.0 Å². The van der Waals surface area contributed by atoms with Crippen molar-refractivity contribution in [1.29, 1.82) is 0 Å². The molecule has 19 heavy (non-hydrogen) atoms. The summed E-state index contributed by atoms with van der Waals surface area (Å²) in [5.74, 6) is 1.93. The summed E-state index contributed by atoms with van der Waals surface area (Å²) in [6, 6.07) is 6.14. The van der Waals surface area contributed by atoms with Crippen LogP contribution < -0.4 is 5.32 Å². The zero-order valence-corrected chi connectivity index (χ0v) is 13.0. The molecule has 1 N–H and O–H groups in total. The van der Waals surface area contributed by atoms with E-state index < -0.39 is 0 Å². The number of hydrogen-bond donors (Lipinski definition) is 1. The van der Waals surface area contributed by atoms with Crippen LogP contribution in [0.25, 0.3) is 0 Å². The third-order valence-corrected chi connectivity index (χ3v) is 3.57. The summed E-state index contributed by atoms with van der Waals surface area (Å²) in [4.78, 5) is 4.35. The highest BCUT2D eigenvalue weighted by atomic mass is 79.9. The van der Waals surface area contributed by atoms with E-state index in [2.05, 4.69) is 58.2 Å². The average Bonchev–Trinajstić information content (AvgIpc) is 2.77. The van der Waals surface area contributed by atoms with Crippen LogP contribution in [0.15, 0.2) is 27.2 Å². The maximum atomic E-state index is 5.21. The van der Waals surface area contributed by atoms with Crippen molar-refractivity contribution in [2.24, 2.45) is 5.92 Å². The fraction of sp³-hybridized carbons (Fsp3) is 0.429. The lowest BCUT2D eigenvalue weighted by Gasteiger charge is -2.05. The Labute approximate surface area is 121 Å². The van der Waals surface area contributed by atoms with E-state index in [4.69, 9.17) is 4.52 Å².